The number of nitrogens with one attached hydrogen (secondary N) is 2. The summed E-state index contributed by atoms with van der Waals surface area (Å²) in [5.41, 5.74) is 1.69. The summed E-state index contributed by atoms with van der Waals surface area (Å²) in [6, 6.07) is 11.9. The van der Waals surface area contributed by atoms with Crippen LogP contribution in [0.3, 0.4) is 0 Å². The first-order valence-corrected chi connectivity index (χ1v) is 7.97. The molecule has 0 saturated heterocycles. The quantitative estimate of drug-likeness (QED) is 0.829. The zero-order valence-corrected chi connectivity index (χ0v) is 15.1. The molecule has 0 aromatic heterocycles. The Labute approximate surface area is 151 Å². The fourth-order valence-corrected chi connectivity index (χ4v) is 2.36. The van der Waals surface area contributed by atoms with Crippen LogP contribution >= 0.6 is 11.6 Å². The van der Waals surface area contributed by atoms with Gasteiger partial charge >= 0.3 is 0 Å². The molecule has 0 radical (unpaired) electrons. The van der Waals surface area contributed by atoms with Crippen LogP contribution in [0.1, 0.15) is 10.4 Å². The van der Waals surface area contributed by atoms with E-state index in [9.17, 15) is 9.59 Å². The van der Waals surface area contributed by atoms with E-state index in [1.807, 2.05) is 0 Å². The minimum atomic E-state index is -0.253. The van der Waals surface area contributed by atoms with E-state index in [2.05, 4.69) is 10.6 Å². The Hall–Kier alpha value is -2.73. The monoisotopic (exact) mass is 361 g/mol. The molecule has 0 aliphatic heterocycles. The highest BCUT2D eigenvalue weighted by atomic mass is 35.5. The van der Waals surface area contributed by atoms with Gasteiger partial charge in [-0.2, -0.15) is 0 Å². The van der Waals surface area contributed by atoms with Gasteiger partial charge in [-0.15, -0.1) is 0 Å². The maximum absolute atomic E-state index is 12.1. The third kappa shape index (κ3) is 5.12. The summed E-state index contributed by atoms with van der Waals surface area (Å²) in [4.78, 5) is 25.6. The van der Waals surface area contributed by atoms with Gasteiger partial charge in [0.25, 0.3) is 5.91 Å². The first kappa shape index (κ1) is 18.6. The number of hydrogen-bond acceptors (Lipinski definition) is 4. The van der Waals surface area contributed by atoms with Crippen LogP contribution in [0.5, 0.6) is 5.75 Å². The topological polar surface area (TPSA) is 70.7 Å². The Balaban J connectivity index is 2.00. The van der Waals surface area contributed by atoms with Gasteiger partial charge in [-0.05, 0) is 36.4 Å². The molecule has 0 heterocycles. The molecule has 2 rings (SSSR count). The van der Waals surface area contributed by atoms with Gasteiger partial charge in [0.1, 0.15) is 5.75 Å². The lowest BCUT2D eigenvalue weighted by atomic mass is 10.2. The standard InChI is InChI=1S/C18H20ClN3O3/c1-22(2)18(24)12-5-4-6-14(9-12)21-17(23)11-20-15-10-13(19)7-8-16(15)25-3/h4-10,20H,11H2,1-3H3,(H,21,23). The van der Waals surface area contributed by atoms with Crippen LogP contribution in [-0.2, 0) is 4.79 Å². The van der Waals surface area contributed by atoms with Gasteiger partial charge in [0.05, 0.1) is 19.3 Å². The molecule has 0 fully saturated rings. The summed E-state index contributed by atoms with van der Waals surface area (Å²) in [6.45, 7) is 0.0303. The summed E-state index contributed by atoms with van der Waals surface area (Å²) in [5, 5.41) is 6.28. The number of hydrogen-bond donors (Lipinski definition) is 2. The molecular weight excluding hydrogens is 342 g/mol. The number of ether oxygens (including phenoxy) is 1. The van der Waals surface area contributed by atoms with Gasteiger partial charge in [-0.25, -0.2) is 0 Å². The van der Waals surface area contributed by atoms with E-state index in [4.69, 9.17) is 16.3 Å². The molecule has 0 spiro atoms. The molecule has 0 atom stereocenters. The number of rotatable bonds is 6. The van der Waals surface area contributed by atoms with Crippen molar-refractivity contribution < 1.29 is 14.3 Å². The Morgan fingerprint density at radius 1 is 1.16 bits per heavy atom. The highest BCUT2D eigenvalue weighted by Crippen LogP contribution is 2.27. The second-order valence-corrected chi connectivity index (χ2v) is 5.96. The smallest absolute Gasteiger partial charge is 0.253 e. The fraction of sp³-hybridized carbons (Fsp3) is 0.222. The third-order valence-electron chi connectivity index (χ3n) is 3.40. The minimum Gasteiger partial charge on any atom is -0.495 e. The summed E-state index contributed by atoms with van der Waals surface area (Å²) in [7, 11) is 4.90. The number of carbonyl (C=O) groups is 2. The Morgan fingerprint density at radius 3 is 2.60 bits per heavy atom. The molecule has 2 aromatic rings. The van der Waals surface area contributed by atoms with Crippen LogP contribution in [0.25, 0.3) is 0 Å². The third-order valence-corrected chi connectivity index (χ3v) is 3.64. The molecular formula is C18H20ClN3O3. The molecule has 0 bridgehead atoms. The van der Waals surface area contributed by atoms with Crippen molar-refractivity contribution in [1.29, 1.82) is 0 Å². The molecule has 7 heteroatoms. The SMILES string of the molecule is COc1ccc(Cl)cc1NCC(=O)Nc1cccc(C(=O)N(C)C)c1. The highest BCUT2D eigenvalue weighted by molar-refractivity contribution is 6.31. The van der Waals surface area contributed by atoms with E-state index < -0.39 is 0 Å². The van der Waals surface area contributed by atoms with Gasteiger partial charge in [0.15, 0.2) is 0 Å². The van der Waals surface area contributed by atoms with Gasteiger partial charge in [-0.1, -0.05) is 17.7 Å². The zero-order valence-electron chi connectivity index (χ0n) is 14.3. The summed E-state index contributed by atoms with van der Waals surface area (Å²) < 4.78 is 5.22. The number of carbonyl (C=O) groups excluding carboxylic acids is 2. The van der Waals surface area contributed by atoms with Crippen LogP contribution in [0, 0.1) is 0 Å². The normalized spacial score (nSPS) is 10.1. The molecule has 0 aliphatic rings. The molecule has 25 heavy (non-hydrogen) atoms. The largest absolute Gasteiger partial charge is 0.495 e. The molecule has 0 aliphatic carbocycles. The molecule has 0 unspecified atom stereocenters. The lowest BCUT2D eigenvalue weighted by Crippen LogP contribution is -2.23. The Morgan fingerprint density at radius 2 is 1.92 bits per heavy atom. The Bertz CT molecular complexity index is 778. The zero-order chi connectivity index (χ0) is 18.4. The summed E-state index contributed by atoms with van der Waals surface area (Å²) in [5.74, 6) is 0.213. The number of benzene rings is 2. The van der Waals surface area contributed by atoms with Crippen LogP contribution in [0.15, 0.2) is 42.5 Å². The van der Waals surface area contributed by atoms with Gasteiger partial charge < -0.3 is 20.3 Å². The first-order chi connectivity index (χ1) is 11.9. The van der Waals surface area contributed by atoms with Crippen molar-refractivity contribution >= 4 is 34.8 Å². The number of nitrogens with zero attached hydrogens (tertiary/aromatic N) is 1. The molecule has 6 nitrogen and oxygen atoms in total. The van der Waals surface area contributed by atoms with Crippen molar-refractivity contribution in [2.24, 2.45) is 0 Å². The van der Waals surface area contributed by atoms with Crippen molar-refractivity contribution in [3.63, 3.8) is 0 Å². The second kappa shape index (κ2) is 8.39. The molecule has 0 saturated carbocycles. The van der Waals surface area contributed by atoms with E-state index in [0.29, 0.717) is 27.7 Å². The van der Waals surface area contributed by atoms with Gasteiger partial charge in [0, 0.05) is 30.4 Å². The Kier molecular flexibility index (Phi) is 6.25. The summed E-state index contributed by atoms with van der Waals surface area (Å²) >= 11 is 5.96. The number of methoxy groups -OCH3 is 1. The summed E-state index contributed by atoms with van der Waals surface area (Å²) in [6.07, 6.45) is 0. The van der Waals surface area contributed by atoms with E-state index in [1.165, 1.54) is 4.90 Å². The fourth-order valence-electron chi connectivity index (χ4n) is 2.19. The molecule has 132 valence electrons. The van der Waals surface area contributed by atoms with Crippen molar-refractivity contribution in [3.8, 4) is 5.75 Å². The number of amides is 2. The van der Waals surface area contributed by atoms with E-state index in [0.717, 1.165) is 0 Å². The average molecular weight is 362 g/mol. The van der Waals surface area contributed by atoms with Crippen molar-refractivity contribution in [3.05, 3.63) is 53.1 Å². The lowest BCUT2D eigenvalue weighted by molar-refractivity contribution is -0.114. The van der Waals surface area contributed by atoms with E-state index in [1.54, 1.807) is 63.7 Å². The van der Waals surface area contributed by atoms with E-state index >= 15 is 0 Å². The van der Waals surface area contributed by atoms with Crippen LogP contribution in [-0.4, -0.2) is 44.5 Å². The van der Waals surface area contributed by atoms with Crippen LogP contribution < -0.4 is 15.4 Å². The molecule has 2 amide bonds. The average Bonchev–Trinajstić information content (AvgIpc) is 2.59. The maximum Gasteiger partial charge on any atom is 0.253 e. The van der Waals surface area contributed by atoms with E-state index in [-0.39, 0.29) is 18.4 Å². The number of anilines is 2. The molecule has 2 N–H and O–H groups in total. The van der Waals surface area contributed by atoms with Crippen molar-refractivity contribution in [2.45, 2.75) is 0 Å². The predicted octanol–water partition coefficient (Wildman–Crippen LogP) is 3.10. The highest BCUT2D eigenvalue weighted by Gasteiger charge is 2.10. The second-order valence-electron chi connectivity index (χ2n) is 5.53. The number of halogens is 1. The van der Waals surface area contributed by atoms with Crippen molar-refractivity contribution in [2.75, 3.05) is 38.4 Å². The minimum absolute atomic E-state index is 0.0303. The predicted molar refractivity (Wildman–Crippen MR) is 99.6 cm³/mol. The van der Waals surface area contributed by atoms with Crippen LogP contribution in [0.4, 0.5) is 11.4 Å². The lowest BCUT2D eigenvalue weighted by Gasteiger charge is -2.13. The first-order valence-electron chi connectivity index (χ1n) is 7.59. The van der Waals surface area contributed by atoms with Gasteiger partial charge in [0.2, 0.25) is 5.91 Å². The van der Waals surface area contributed by atoms with Crippen molar-refractivity contribution in [1.82, 2.24) is 4.90 Å². The maximum atomic E-state index is 12.1. The van der Waals surface area contributed by atoms with Gasteiger partial charge in [-0.3, -0.25) is 9.59 Å². The van der Waals surface area contributed by atoms with Crippen LogP contribution in [0.2, 0.25) is 5.02 Å². The molecule has 2 aromatic carbocycles.